The summed E-state index contributed by atoms with van der Waals surface area (Å²) in [5, 5.41) is 14.5. The zero-order valence-corrected chi connectivity index (χ0v) is 11.1. The van der Waals surface area contributed by atoms with Crippen LogP contribution in [-0.2, 0) is 4.79 Å². The first-order valence-electron chi connectivity index (χ1n) is 6.90. The maximum absolute atomic E-state index is 11.6. The Morgan fingerprint density at radius 2 is 1.94 bits per heavy atom. The molecule has 1 aliphatic rings. The summed E-state index contributed by atoms with van der Waals surface area (Å²) in [5.41, 5.74) is 0. The number of urea groups is 1. The van der Waals surface area contributed by atoms with Crippen LogP contribution in [0.3, 0.4) is 0 Å². The molecule has 0 spiro atoms. The van der Waals surface area contributed by atoms with Gasteiger partial charge in [-0.05, 0) is 19.3 Å². The Hall–Kier alpha value is -1.26. The van der Waals surface area contributed by atoms with Gasteiger partial charge in [0.1, 0.15) is 0 Å². The van der Waals surface area contributed by atoms with Crippen LogP contribution >= 0.6 is 0 Å². The van der Waals surface area contributed by atoms with Crippen molar-refractivity contribution in [3.63, 3.8) is 0 Å². The minimum absolute atomic E-state index is 0.210. The predicted octanol–water partition coefficient (Wildman–Crippen LogP) is 2.12. The third-order valence-corrected chi connectivity index (χ3v) is 3.44. The zero-order valence-electron chi connectivity index (χ0n) is 11.1. The fourth-order valence-electron chi connectivity index (χ4n) is 2.36. The van der Waals surface area contributed by atoms with Gasteiger partial charge in [0.05, 0.1) is 5.92 Å². The van der Waals surface area contributed by atoms with Crippen LogP contribution in [0.2, 0.25) is 0 Å². The normalized spacial score (nSPS) is 18.1. The Labute approximate surface area is 108 Å². The summed E-state index contributed by atoms with van der Waals surface area (Å²) in [6.45, 7) is 2.15. The second-order valence-electron chi connectivity index (χ2n) is 5.01. The van der Waals surface area contributed by atoms with E-state index in [0.29, 0.717) is 6.42 Å². The van der Waals surface area contributed by atoms with Gasteiger partial charge in [-0.3, -0.25) is 4.79 Å². The summed E-state index contributed by atoms with van der Waals surface area (Å²) in [5.74, 6) is -1.32. The molecule has 18 heavy (non-hydrogen) atoms. The highest BCUT2D eigenvalue weighted by molar-refractivity contribution is 5.76. The van der Waals surface area contributed by atoms with Crippen molar-refractivity contribution in [2.75, 3.05) is 6.54 Å². The molecule has 1 fully saturated rings. The fourth-order valence-corrected chi connectivity index (χ4v) is 2.36. The van der Waals surface area contributed by atoms with Crippen molar-refractivity contribution in [2.24, 2.45) is 5.92 Å². The van der Waals surface area contributed by atoms with Crippen molar-refractivity contribution in [1.82, 2.24) is 10.6 Å². The summed E-state index contributed by atoms with van der Waals surface area (Å²) in [4.78, 5) is 22.5. The van der Waals surface area contributed by atoms with E-state index in [0.717, 1.165) is 19.3 Å². The van der Waals surface area contributed by atoms with Gasteiger partial charge in [-0.2, -0.15) is 0 Å². The number of carboxylic acids is 1. The van der Waals surface area contributed by atoms with Crippen molar-refractivity contribution in [3.8, 4) is 0 Å². The number of carboxylic acid groups (broad SMARTS) is 1. The van der Waals surface area contributed by atoms with Crippen molar-refractivity contribution < 1.29 is 14.7 Å². The molecule has 104 valence electrons. The Bertz CT molecular complexity index is 275. The fraction of sp³-hybridized carbons (Fsp3) is 0.846. The van der Waals surface area contributed by atoms with E-state index < -0.39 is 11.9 Å². The zero-order chi connectivity index (χ0) is 13.4. The number of aliphatic carboxylic acids is 1. The van der Waals surface area contributed by atoms with Crippen LogP contribution in [0.25, 0.3) is 0 Å². The lowest BCUT2D eigenvalue weighted by Gasteiger charge is -2.23. The number of carbonyl (C=O) groups is 2. The first-order chi connectivity index (χ1) is 8.63. The summed E-state index contributed by atoms with van der Waals surface area (Å²) in [6, 6.07) is 0.0254. The molecule has 1 atom stereocenters. The summed E-state index contributed by atoms with van der Waals surface area (Å²) >= 11 is 0. The highest BCUT2D eigenvalue weighted by Gasteiger charge is 2.19. The molecule has 1 rings (SSSR count). The standard InChI is InChI=1S/C13H24N2O3/c1-2-6-10(12(16)17)9-14-13(18)15-11-7-4-3-5-8-11/h10-11H,2-9H2,1H3,(H,16,17)(H2,14,15,18). The minimum atomic E-state index is -0.838. The van der Waals surface area contributed by atoms with Gasteiger partial charge in [0.15, 0.2) is 0 Å². The largest absolute Gasteiger partial charge is 0.481 e. The quantitative estimate of drug-likeness (QED) is 0.681. The predicted molar refractivity (Wildman–Crippen MR) is 69.4 cm³/mol. The molecule has 0 aliphatic heterocycles. The summed E-state index contributed by atoms with van der Waals surface area (Å²) in [7, 11) is 0. The molecule has 2 amide bonds. The lowest BCUT2D eigenvalue weighted by Crippen LogP contribution is -2.45. The maximum atomic E-state index is 11.6. The molecular weight excluding hydrogens is 232 g/mol. The first-order valence-corrected chi connectivity index (χ1v) is 6.90. The monoisotopic (exact) mass is 256 g/mol. The number of nitrogens with one attached hydrogen (secondary N) is 2. The molecule has 5 nitrogen and oxygen atoms in total. The van der Waals surface area contributed by atoms with Gasteiger partial charge in [0.25, 0.3) is 0 Å². The molecule has 1 unspecified atom stereocenters. The van der Waals surface area contributed by atoms with Crippen LogP contribution in [0.4, 0.5) is 4.79 Å². The van der Waals surface area contributed by atoms with Gasteiger partial charge in [0, 0.05) is 12.6 Å². The average molecular weight is 256 g/mol. The van der Waals surface area contributed by atoms with Crippen LogP contribution in [0.1, 0.15) is 51.9 Å². The van der Waals surface area contributed by atoms with Gasteiger partial charge >= 0.3 is 12.0 Å². The third-order valence-electron chi connectivity index (χ3n) is 3.44. The number of rotatable bonds is 6. The lowest BCUT2D eigenvalue weighted by molar-refractivity contribution is -0.141. The Balaban J connectivity index is 2.24. The lowest BCUT2D eigenvalue weighted by atomic mass is 9.96. The van der Waals surface area contributed by atoms with E-state index in [1.165, 1.54) is 19.3 Å². The summed E-state index contributed by atoms with van der Waals surface area (Å²) in [6.07, 6.45) is 7.05. The van der Waals surface area contributed by atoms with Crippen LogP contribution in [0.5, 0.6) is 0 Å². The van der Waals surface area contributed by atoms with E-state index in [-0.39, 0.29) is 18.6 Å². The number of hydrogen-bond acceptors (Lipinski definition) is 2. The third kappa shape index (κ3) is 5.38. The Kier molecular flexibility index (Phi) is 6.54. The van der Waals surface area contributed by atoms with Gasteiger partial charge in [-0.15, -0.1) is 0 Å². The minimum Gasteiger partial charge on any atom is -0.481 e. The molecule has 0 bridgehead atoms. The van der Waals surface area contributed by atoms with Crippen LogP contribution in [0.15, 0.2) is 0 Å². The number of hydrogen-bond donors (Lipinski definition) is 3. The highest BCUT2D eigenvalue weighted by Crippen LogP contribution is 2.17. The molecular formula is C13H24N2O3. The molecule has 0 aromatic carbocycles. The summed E-state index contributed by atoms with van der Waals surface area (Å²) < 4.78 is 0. The van der Waals surface area contributed by atoms with E-state index >= 15 is 0 Å². The van der Waals surface area contributed by atoms with E-state index in [9.17, 15) is 9.59 Å². The molecule has 5 heteroatoms. The van der Waals surface area contributed by atoms with Crippen LogP contribution < -0.4 is 10.6 Å². The van der Waals surface area contributed by atoms with Gasteiger partial charge in [0.2, 0.25) is 0 Å². The van der Waals surface area contributed by atoms with Crippen LogP contribution in [-0.4, -0.2) is 29.7 Å². The van der Waals surface area contributed by atoms with Crippen LogP contribution in [0, 0.1) is 5.92 Å². The van der Waals surface area contributed by atoms with Gasteiger partial charge < -0.3 is 15.7 Å². The molecule has 0 heterocycles. The van der Waals surface area contributed by atoms with Crippen molar-refractivity contribution in [2.45, 2.75) is 57.9 Å². The second kappa shape index (κ2) is 7.95. The SMILES string of the molecule is CCCC(CNC(=O)NC1CCCCC1)C(=O)O. The molecule has 0 saturated heterocycles. The van der Waals surface area contributed by atoms with E-state index in [4.69, 9.17) is 5.11 Å². The van der Waals surface area contributed by atoms with E-state index in [1.54, 1.807) is 0 Å². The number of carbonyl (C=O) groups excluding carboxylic acids is 1. The molecule has 0 radical (unpaired) electrons. The molecule has 1 aliphatic carbocycles. The van der Waals surface area contributed by atoms with Crippen molar-refractivity contribution in [1.29, 1.82) is 0 Å². The van der Waals surface area contributed by atoms with E-state index in [2.05, 4.69) is 10.6 Å². The molecule has 3 N–H and O–H groups in total. The van der Waals surface area contributed by atoms with Crippen molar-refractivity contribution in [3.05, 3.63) is 0 Å². The second-order valence-corrected chi connectivity index (χ2v) is 5.01. The average Bonchev–Trinajstić information content (AvgIpc) is 2.35. The Morgan fingerprint density at radius 3 is 2.50 bits per heavy atom. The molecule has 0 aromatic rings. The van der Waals surface area contributed by atoms with Gasteiger partial charge in [-0.25, -0.2) is 4.79 Å². The van der Waals surface area contributed by atoms with E-state index in [1.807, 2.05) is 6.92 Å². The Morgan fingerprint density at radius 1 is 1.28 bits per heavy atom. The number of amides is 2. The van der Waals surface area contributed by atoms with Gasteiger partial charge in [-0.1, -0.05) is 32.6 Å². The molecule has 1 saturated carbocycles. The maximum Gasteiger partial charge on any atom is 0.315 e. The smallest absolute Gasteiger partial charge is 0.315 e. The highest BCUT2D eigenvalue weighted by atomic mass is 16.4. The molecule has 0 aromatic heterocycles. The first kappa shape index (κ1) is 14.8. The topological polar surface area (TPSA) is 78.4 Å². The van der Waals surface area contributed by atoms with Crippen molar-refractivity contribution >= 4 is 12.0 Å².